The van der Waals surface area contributed by atoms with E-state index in [0.717, 1.165) is 32.5 Å². The maximum absolute atomic E-state index is 9.55. The van der Waals surface area contributed by atoms with Crippen LogP contribution in [0.25, 0.3) is 10.4 Å². The van der Waals surface area contributed by atoms with Crippen molar-refractivity contribution in [3.05, 3.63) is 46.8 Å². The first kappa shape index (κ1) is 13.8. The second-order valence-corrected chi connectivity index (χ2v) is 6.58. The van der Waals surface area contributed by atoms with Crippen LogP contribution >= 0.6 is 11.3 Å². The van der Waals surface area contributed by atoms with Gasteiger partial charge in [-0.3, -0.25) is 4.90 Å². The third-order valence-corrected chi connectivity index (χ3v) is 4.94. The van der Waals surface area contributed by atoms with E-state index < -0.39 is 0 Å². The van der Waals surface area contributed by atoms with Crippen LogP contribution in [0.2, 0.25) is 0 Å². The highest BCUT2D eigenvalue weighted by Gasteiger charge is 2.17. The maximum Gasteiger partial charge on any atom is 0.0564 e. The topological polar surface area (TPSA) is 23.5 Å². The molecule has 2 nitrogen and oxygen atoms in total. The minimum Gasteiger partial charge on any atom is -0.393 e. The van der Waals surface area contributed by atoms with Crippen LogP contribution in [0, 0.1) is 6.92 Å². The average molecular weight is 287 g/mol. The van der Waals surface area contributed by atoms with Crippen molar-refractivity contribution in [3.63, 3.8) is 0 Å². The third-order valence-electron chi connectivity index (χ3n) is 4.04. The Morgan fingerprint density at radius 3 is 2.70 bits per heavy atom. The van der Waals surface area contributed by atoms with Gasteiger partial charge in [0.25, 0.3) is 0 Å². The summed E-state index contributed by atoms with van der Waals surface area (Å²) in [6, 6.07) is 11.1. The molecule has 1 aliphatic heterocycles. The third kappa shape index (κ3) is 3.11. The molecule has 0 amide bonds. The molecular formula is C17H21NOS. The molecule has 0 saturated carbocycles. The van der Waals surface area contributed by atoms with Crippen LogP contribution in [-0.2, 0) is 6.54 Å². The second-order valence-electron chi connectivity index (χ2n) is 5.63. The molecule has 0 radical (unpaired) electrons. The zero-order valence-corrected chi connectivity index (χ0v) is 12.7. The van der Waals surface area contributed by atoms with Crippen LogP contribution in [0.4, 0.5) is 0 Å². The summed E-state index contributed by atoms with van der Waals surface area (Å²) >= 11 is 1.79. The van der Waals surface area contributed by atoms with Crippen molar-refractivity contribution < 1.29 is 5.11 Å². The molecule has 1 saturated heterocycles. The van der Waals surface area contributed by atoms with Crippen LogP contribution in [0.3, 0.4) is 0 Å². The first-order chi connectivity index (χ1) is 9.72. The first-order valence-corrected chi connectivity index (χ1v) is 8.14. The molecule has 1 aromatic carbocycles. The van der Waals surface area contributed by atoms with E-state index >= 15 is 0 Å². The number of likely N-dealkylation sites (tertiary alicyclic amines) is 1. The van der Waals surface area contributed by atoms with Gasteiger partial charge >= 0.3 is 0 Å². The summed E-state index contributed by atoms with van der Waals surface area (Å²) in [5.74, 6) is 0. The van der Waals surface area contributed by atoms with Crippen molar-refractivity contribution in [2.24, 2.45) is 0 Å². The van der Waals surface area contributed by atoms with Gasteiger partial charge in [0.15, 0.2) is 0 Å². The van der Waals surface area contributed by atoms with E-state index in [0.29, 0.717) is 0 Å². The Labute approximate surface area is 124 Å². The van der Waals surface area contributed by atoms with Gasteiger partial charge in [-0.25, -0.2) is 0 Å². The first-order valence-electron chi connectivity index (χ1n) is 7.26. The van der Waals surface area contributed by atoms with Crippen molar-refractivity contribution in [1.82, 2.24) is 4.90 Å². The Morgan fingerprint density at radius 1 is 1.25 bits per heavy atom. The van der Waals surface area contributed by atoms with Crippen molar-refractivity contribution in [2.45, 2.75) is 32.4 Å². The van der Waals surface area contributed by atoms with Crippen LogP contribution in [0.15, 0.2) is 35.7 Å². The summed E-state index contributed by atoms with van der Waals surface area (Å²) in [5.41, 5.74) is 4.07. The summed E-state index contributed by atoms with van der Waals surface area (Å²) in [6.07, 6.45) is 1.73. The van der Waals surface area contributed by atoms with Gasteiger partial charge in [-0.2, -0.15) is 0 Å². The molecule has 0 bridgehead atoms. The normalized spacial score (nSPS) is 17.5. The number of hydrogen-bond acceptors (Lipinski definition) is 3. The maximum atomic E-state index is 9.55. The van der Waals surface area contributed by atoms with Gasteiger partial charge in [0, 0.05) is 24.5 Å². The molecule has 1 aliphatic rings. The predicted octanol–water partition coefficient (Wildman–Crippen LogP) is 3.68. The van der Waals surface area contributed by atoms with Crippen LogP contribution in [-0.4, -0.2) is 29.2 Å². The molecule has 1 aromatic heterocycles. The molecular weight excluding hydrogens is 266 g/mol. The highest BCUT2D eigenvalue weighted by Crippen LogP contribution is 2.28. The van der Waals surface area contributed by atoms with E-state index in [2.05, 4.69) is 47.5 Å². The fourth-order valence-corrected chi connectivity index (χ4v) is 3.68. The minimum absolute atomic E-state index is 0.0887. The smallest absolute Gasteiger partial charge is 0.0564 e. The number of benzene rings is 1. The number of nitrogens with zero attached hydrogens (tertiary/aromatic N) is 1. The van der Waals surface area contributed by atoms with Crippen molar-refractivity contribution in [3.8, 4) is 10.4 Å². The van der Waals surface area contributed by atoms with E-state index in [1.165, 1.54) is 21.6 Å². The van der Waals surface area contributed by atoms with Gasteiger partial charge in [-0.05, 0) is 47.9 Å². The largest absolute Gasteiger partial charge is 0.393 e. The molecule has 2 aromatic rings. The van der Waals surface area contributed by atoms with E-state index in [1.807, 2.05) is 0 Å². The van der Waals surface area contributed by atoms with E-state index in [4.69, 9.17) is 0 Å². The lowest BCUT2D eigenvalue weighted by atomic mass is 10.0. The van der Waals surface area contributed by atoms with E-state index in [1.54, 1.807) is 11.3 Å². The predicted molar refractivity (Wildman–Crippen MR) is 85.0 cm³/mol. The van der Waals surface area contributed by atoms with Gasteiger partial charge in [-0.1, -0.05) is 24.3 Å². The average Bonchev–Trinajstić information content (AvgIpc) is 2.95. The fraction of sp³-hybridized carbons (Fsp3) is 0.412. The summed E-state index contributed by atoms with van der Waals surface area (Å²) in [5, 5.41) is 11.7. The number of thiophene rings is 1. The highest BCUT2D eigenvalue weighted by molar-refractivity contribution is 7.13. The number of hydrogen-bond donors (Lipinski definition) is 1. The number of aryl methyl sites for hydroxylation is 1. The highest BCUT2D eigenvalue weighted by atomic mass is 32.1. The monoisotopic (exact) mass is 287 g/mol. The number of aliphatic hydroxyl groups is 1. The standard InChI is InChI=1S/C17H21NOS/c1-13-11-14(12-18-8-6-15(19)7-9-18)4-5-16(13)17-3-2-10-20-17/h2-5,10-11,15,19H,6-9,12H2,1H3. The quantitative estimate of drug-likeness (QED) is 0.931. The molecule has 3 heteroatoms. The van der Waals surface area contributed by atoms with Crippen molar-refractivity contribution in [2.75, 3.05) is 13.1 Å². The van der Waals surface area contributed by atoms with Crippen molar-refractivity contribution in [1.29, 1.82) is 0 Å². The SMILES string of the molecule is Cc1cc(CN2CCC(O)CC2)ccc1-c1cccs1. The zero-order valence-electron chi connectivity index (χ0n) is 11.9. The van der Waals surface area contributed by atoms with E-state index in [-0.39, 0.29) is 6.10 Å². The Kier molecular flexibility index (Phi) is 4.20. The van der Waals surface area contributed by atoms with Crippen LogP contribution < -0.4 is 0 Å². The minimum atomic E-state index is -0.0887. The summed E-state index contributed by atoms with van der Waals surface area (Å²) < 4.78 is 0. The lowest BCUT2D eigenvalue weighted by molar-refractivity contribution is 0.0792. The van der Waals surface area contributed by atoms with Crippen LogP contribution in [0.5, 0.6) is 0 Å². The molecule has 0 spiro atoms. The fourth-order valence-electron chi connectivity index (χ4n) is 2.87. The molecule has 0 unspecified atom stereocenters. The summed E-state index contributed by atoms with van der Waals surface area (Å²) in [4.78, 5) is 3.78. The second kappa shape index (κ2) is 6.08. The van der Waals surface area contributed by atoms with Crippen molar-refractivity contribution >= 4 is 11.3 Å². The Bertz CT molecular complexity index is 556. The van der Waals surface area contributed by atoms with Gasteiger partial charge < -0.3 is 5.11 Å². The molecule has 2 heterocycles. The molecule has 106 valence electrons. The Morgan fingerprint density at radius 2 is 2.05 bits per heavy atom. The van der Waals surface area contributed by atoms with Gasteiger partial charge in [0.05, 0.1) is 6.10 Å². The number of piperidine rings is 1. The number of rotatable bonds is 3. The Hall–Kier alpha value is -1.16. The molecule has 0 aliphatic carbocycles. The lowest BCUT2D eigenvalue weighted by Crippen LogP contribution is -2.35. The van der Waals surface area contributed by atoms with Crippen LogP contribution in [0.1, 0.15) is 24.0 Å². The zero-order chi connectivity index (χ0) is 13.9. The molecule has 1 fully saturated rings. The molecule has 3 rings (SSSR count). The summed E-state index contributed by atoms with van der Waals surface area (Å²) in [6.45, 7) is 5.20. The van der Waals surface area contributed by atoms with Gasteiger partial charge in [-0.15, -0.1) is 11.3 Å². The molecule has 0 atom stereocenters. The van der Waals surface area contributed by atoms with Gasteiger partial charge in [0.2, 0.25) is 0 Å². The van der Waals surface area contributed by atoms with Gasteiger partial charge in [0.1, 0.15) is 0 Å². The Balaban J connectivity index is 1.71. The lowest BCUT2D eigenvalue weighted by Gasteiger charge is -2.29. The van der Waals surface area contributed by atoms with E-state index in [9.17, 15) is 5.11 Å². The molecule has 1 N–H and O–H groups in total. The summed E-state index contributed by atoms with van der Waals surface area (Å²) in [7, 11) is 0. The number of aliphatic hydroxyl groups excluding tert-OH is 1. The molecule has 20 heavy (non-hydrogen) atoms.